The van der Waals surface area contributed by atoms with Gasteiger partial charge in [-0.2, -0.15) is 0 Å². The zero-order valence-electron chi connectivity index (χ0n) is 16.3. The van der Waals surface area contributed by atoms with Crippen LogP contribution >= 0.6 is 0 Å². The third kappa shape index (κ3) is 1.79. The molecule has 8 aromatic rings. The van der Waals surface area contributed by atoms with Gasteiger partial charge in [-0.1, -0.05) is 48.5 Å². The van der Waals surface area contributed by atoms with Gasteiger partial charge in [-0.05, 0) is 29.7 Å². The van der Waals surface area contributed by atoms with Gasteiger partial charge in [0.05, 0.1) is 5.52 Å². The van der Waals surface area contributed by atoms with Crippen molar-refractivity contribution in [1.29, 1.82) is 0 Å². The minimum Gasteiger partial charge on any atom is -0.452 e. The molecule has 4 heterocycles. The van der Waals surface area contributed by atoms with Crippen molar-refractivity contribution in [3.63, 3.8) is 0 Å². The summed E-state index contributed by atoms with van der Waals surface area (Å²) in [4.78, 5) is 4.64. The number of furan rings is 2. The Morgan fingerprint density at radius 2 is 1.19 bits per heavy atom. The van der Waals surface area contributed by atoms with E-state index in [0.29, 0.717) is 0 Å². The second-order valence-corrected chi connectivity index (χ2v) is 8.02. The van der Waals surface area contributed by atoms with Crippen LogP contribution in [0.25, 0.3) is 71.2 Å². The Balaban J connectivity index is 1.65. The molecule has 0 saturated heterocycles. The molecular formula is C27H14N2O2. The number of hydrogen-bond acceptors (Lipinski definition) is 3. The zero-order valence-corrected chi connectivity index (χ0v) is 16.3. The van der Waals surface area contributed by atoms with E-state index >= 15 is 0 Å². The van der Waals surface area contributed by atoms with Crippen molar-refractivity contribution < 1.29 is 8.83 Å². The Bertz CT molecular complexity index is 2000. The van der Waals surface area contributed by atoms with Crippen LogP contribution in [-0.2, 0) is 0 Å². The van der Waals surface area contributed by atoms with E-state index in [4.69, 9.17) is 8.83 Å². The van der Waals surface area contributed by atoms with Gasteiger partial charge in [0.2, 0.25) is 0 Å². The highest BCUT2D eigenvalue weighted by Crippen LogP contribution is 2.41. The molecule has 0 unspecified atom stereocenters. The predicted molar refractivity (Wildman–Crippen MR) is 125 cm³/mol. The molecule has 8 rings (SSSR count). The molecule has 0 spiro atoms. The molecule has 0 N–H and O–H groups in total. The van der Waals surface area contributed by atoms with Crippen molar-refractivity contribution in [2.45, 2.75) is 0 Å². The van der Waals surface area contributed by atoms with Gasteiger partial charge < -0.3 is 8.83 Å². The first-order valence-corrected chi connectivity index (χ1v) is 10.3. The molecule has 4 aromatic heterocycles. The highest BCUT2D eigenvalue weighted by Gasteiger charge is 2.19. The summed E-state index contributed by atoms with van der Waals surface area (Å²) in [6, 6.07) is 25.2. The highest BCUT2D eigenvalue weighted by molar-refractivity contribution is 6.24. The minimum atomic E-state index is 0.789. The van der Waals surface area contributed by atoms with Crippen molar-refractivity contribution in [2.24, 2.45) is 0 Å². The lowest BCUT2D eigenvalue weighted by molar-refractivity contribution is 0.634. The number of nitrogens with zero attached hydrogens (tertiary/aromatic N) is 2. The molecule has 0 amide bonds. The maximum atomic E-state index is 6.59. The molecule has 144 valence electrons. The summed E-state index contributed by atoms with van der Waals surface area (Å²) in [7, 11) is 0. The normalized spacial score (nSPS) is 12.5. The molecule has 0 atom stereocenters. The third-order valence-electron chi connectivity index (χ3n) is 6.47. The van der Waals surface area contributed by atoms with Crippen LogP contribution in [0.5, 0.6) is 0 Å². The van der Waals surface area contributed by atoms with E-state index in [1.807, 2.05) is 30.6 Å². The molecule has 0 bridgehead atoms. The third-order valence-corrected chi connectivity index (χ3v) is 6.47. The summed E-state index contributed by atoms with van der Waals surface area (Å²) >= 11 is 0. The van der Waals surface area contributed by atoms with Gasteiger partial charge in [0.25, 0.3) is 0 Å². The average Bonchev–Trinajstić information content (AvgIpc) is 3.53. The molecular weight excluding hydrogens is 384 g/mol. The van der Waals surface area contributed by atoms with Crippen molar-refractivity contribution in [1.82, 2.24) is 9.38 Å². The van der Waals surface area contributed by atoms with Crippen molar-refractivity contribution in [2.75, 3.05) is 0 Å². The summed E-state index contributed by atoms with van der Waals surface area (Å²) in [6.45, 7) is 0. The van der Waals surface area contributed by atoms with Gasteiger partial charge in [-0.3, -0.25) is 4.40 Å². The van der Waals surface area contributed by atoms with E-state index in [9.17, 15) is 0 Å². The number of fused-ring (bicyclic) bond motifs is 14. The van der Waals surface area contributed by atoms with Gasteiger partial charge in [-0.15, -0.1) is 0 Å². The Hall–Kier alpha value is -4.31. The highest BCUT2D eigenvalue weighted by atomic mass is 16.4. The first-order chi connectivity index (χ1) is 15.4. The maximum absolute atomic E-state index is 6.59. The van der Waals surface area contributed by atoms with Crippen molar-refractivity contribution in [3.05, 3.63) is 85.2 Å². The van der Waals surface area contributed by atoms with Crippen LogP contribution in [-0.4, -0.2) is 9.38 Å². The quantitative estimate of drug-likeness (QED) is 0.249. The van der Waals surface area contributed by atoms with Crippen LogP contribution in [0.15, 0.2) is 94.0 Å². The monoisotopic (exact) mass is 398 g/mol. The molecule has 4 nitrogen and oxygen atoms in total. The Morgan fingerprint density at radius 3 is 2.06 bits per heavy atom. The van der Waals surface area contributed by atoms with Crippen LogP contribution in [0.4, 0.5) is 0 Å². The molecule has 0 aliphatic rings. The number of aromatic nitrogens is 2. The lowest BCUT2D eigenvalue weighted by Gasteiger charge is -2.08. The number of para-hydroxylation sites is 1. The topological polar surface area (TPSA) is 43.6 Å². The van der Waals surface area contributed by atoms with Gasteiger partial charge in [0, 0.05) is 44.7 Å². The van der Waals surface area contributed by atoms with E-state index in [0.717, 1.165) is 65.8 Å². The molecule has 0 aliphatic carbocycles. The fraction of sp³-hybridized carbons (Fsp3) is 0. The van der Waals surface area contributed by atoms with Crippen LogP contribution in [0, 0.1) is 0 Å². The molecule has 0 fully saturated rings. The summed E-state index contributed by atoms with van der Waals surface area (Å²) in [6.07, 6.45) is 3.85. The molecule has 31 heavy (non-hydrogen) atoms. The van der Waals surface area contributed by atoms with Crippen molar-refractivity contribution in [3.8, 4) is 0 Å². The molecule has 0 radical (unpaired) electrons. The smallest absolute Gasteiger partial charge is 0.178 e. The lowest BCUT2D eigenvalue weighted by Crippen LogP contribution is -1.90. The number of pyridine rings is 1. The van der Waals surface area contributed by atoms with E-state index < -0.39 is 0 Å². The Labute approximate surface area is 174 Å². The van der Waals surface area contributed by atoms with E-state index in [1.54, 1.807) is 0 Å². The van der Waals surface area contributed by atoms with Gasteiger partial charge in [-0.25, -0.2) is 4.98 Å². The zero-order chi connectivity index (χ0) is 20.1. The van der Waals surface area contributed by atoms with Crippen molar-refractivity contribution >= 4 is 71.2 Å². The molecule has 0 saturated carbocycles. The number of imidazole rings is 1. The summed E-state index contributed by atoms with van der Waals surface area (Å²) < 4.78 is 15.0. The van der Waals surface area contributed by atoms with Gasteiger partial charge >= 0.3 is 0 Å². The number of hydrogen-bond donors (Lipinski definition) is 0. The van der Waals surface area contributed by atoms with Gasteiger partial charge in [0.1, 0.15) is 11.2 Å². The van der Waals surface area contributed by atoms with Crippen LogP contribution in [0.1, 0.15) is 0 Å². The van der Waals surface area contributed by atoms with E-state index in [2.05, 4.69) is 64.0 Å². The molecule has 0 aliphatic heterocycles. The first kappa shape index (κ1) is 15.5. The van der Waals surface area contributed by atoms with Crippen LogP contribution in [0.2, 0.25) is 0 Å². The predicted octanol–water partition coefficient (Wildman–Crippen LogP) is 7.44. The second kappa shape index (κ2) is 5.24. The number of rotatable bonds is 0. The van der Waals surface area contributed by atoms with Crippen LogP contribution in [0.3, 0.4) is 0 Å². The van der Waals surface area contributed by atoms with Gasteiger partial charge in [0.15, 0.2) is 16.7 Å². The second-order valence-electron chi connectivity index (χ2n) is 8.02. The first-order valence-electron chi connectivity index (χ1n) is 10.3. The standard InChI is InChI=1S/C27H14N2O2/c1-2-7-21-15(5-1)17-9-10-19-20-12-11-18-16-6-3-4-8-22(16)30-25(18)26(20)31-24(19)23(17)29-14-13-28-27(21)29/h1-14H. The van der Waals surface area contributed by atoms with E-state index in [1.165, 1.54) is 5.39 Å². The fourth-order valence-corrected chi connectivity index (χ4v) is 5.12. The lowest BCUT2D eigenvalue weighted by atomic mass is 10.0. The number of benzene rings is 4. The minimum absolute atomic E-state index is 0.789. The largest absolute Gasteiger partial charge is 0.452 e. The summed E-state index contributed by atoms with van der Waals surface area (Å²) in [5.41, 5.74) is 5.28. The molecule has 4 heteroatoms. The van der Waals surface area contributed by atoms with E-state index in [-0.39, 0.29) is 0 Å². The maximum Gasteiger partial charge on any atom is 0.178 e. The summed E-state index contributed by atoms with van der Waals surface area (Å²) in [5, 5.41) is 7.77. The fourth-order valence-electron chi connectivity index (χ4n) is 5.12. The Kier molecular flexibility index (Phi) is 2.62. The SMILES string of the molecule is c1ccc2c(c1)oc1c2ccc2c3ccc4c5ccccc5c5nccn5c4c3oc21. The molecule has 4 aromatic carbocycles. The Morgan fingerprint density at radius 1 is 0.548 bits per heavy atom. The van der Waals surface area contributed by atoms with Crippen LogP contribution < -0.4 is 0 Å². The average molecular weight is 398 g/mol. The summed E-state index contributed by atoms with van der Waals surface area (Å²) in [5.74, 6) is 0.